The van der Waals surface area contributed by atoms with Gasteiger partial charge in [0.05, 0.1) is 12.3 Å². The van der Waals surface area contributed by atoms with Gasteiger partial charge in [0.2, 0.25) is 5.91 Å². The molecule has 0 aromatic heterocycles. The van der Waals surface area contributed by atoms with Gasteiger partial charge in [-0.1, -0.05) is 0 Å². The number of nitrogens with two attached hydrogens (primary N) is 1. The van der Waals surface area contributed by atoms with Gasteiger partial charge in [-0.15, -0.1) is 0 Å². The van der Waals surface area contributed by atoms with Gasteiger partial charge in [0.15, 0.2) is 0 Å². The first kappa shape index (κ1) is 12.5. The number of hydrogen-bond acceptors (Lipinski definition) is 4. The molecule has 1 unspecified atom stereocenters. The molecule has 1 amide bonds. The maximum atomic E-state index is 11.6. The number of amides is 1. The molecule has 0 spiro atoms. The molecule has 1 aliphatic heterocycles. The van der Waals surface area contributed by atoms with E-state index in [1.807, 2.05) is 19.1 Å². The van der Waals surface area contributed by atoms with Gasteiger partial charge < -0.3 is 21.1 Å². The molecule has 0 aliphatic carbocycles. The Morgan fingerprint density at radius 2 is 2.39 bits per heavy atom. The van der Waals surface area contributed by atoms with Gasteiger partial charge in [-0.25, -0.2) is 0 Å². The lowest BCUT2D eigenvalue weighted by Gasteiger charge is -2.24. The summed E-state index contributed by atoms with van der Waals surface area (Å²) in [7, 11) is 0. The van der Waals surface area contributed by atoms with Gasteiger partial charge in [-0.3, -0.25) is 4.79 Å². The average Bonchev–Trinajstić information content (AvgIpc) is 2.36. The quantitative estimate of drug-likeness (QED) is 0.704. The molecule has 2 rings (SSSR count). The fraction of sp³-hybridized carbons (Fsp3) is 0.462. The minimum absolute atomic E-state index is 0.0519. The van der Waals surface area contributed by atoms with Crippen LogP contribution in [0.25, 0.3) is 0 Å². The van der Waals surface area contributed by atoms with E-state index in [1.54, 1.807) is 6.07 Å². The van der Waals surface area contributed by atoms with E-state index in [1.165, 1.54) is 0 Å². The summed E-state index contributed by atoms with van der Waals surface area (Å²) < 4.78 is 5.43. The van der Waals surface area contributed by atoms with Crippen molar-refractivity contribution in [1.29, 1.82) is 0 Å². The molecule has 0 saturated carbocycles. The predicted octanol–water partition coefficient (Wildman–Crippen LogP) is 1.36. The fourth-order valence-electron chi connectivity index (χ4n) is 2.02. The molecule has 5 heteroatoms. The molecule has 1 fully saturated rings. The lowest BCUT2D eigenvalue weighted by molar-refractivity contribution is -0.123. The van der Waals surface area contributed by atoms with Crippen LogP contribution in [0.3, 0.4) is 0 Å². The molecule has 5 nitrogen and oxygen atoms in total. The van der Waals surface area contributed by atoms with E-state index in [-0.39, 0.29) is 11.9 Å². The Labute approximate surface area is 107 Å². The van der Waals surface area contributed by atoms with Crippen molar-refractivity contribution in [2.45, 2.75) is 25.8 Å². The van der Waals surface area contributed by atoms with E-state index in [9.17, 15) is 4.79 Å². The number of hydrogen-bond donors (Lipinski definition) is 3. The molecule has 4 N–H and O–H groups in total. The van der Waals surface area contributed by atoms with Crippen molar-refractivity contribution in [3.8, 4) is 5.75 Å². The number of anilines is 2. The van der Waals surface area contributed by atoms with Crippen LogP contribution in [0.4, 0.5) is 11.4 Å². The van der Waals surface area contributed by atoms with Crippen molar-refractivity contribution in [3.05, 3.63) is 18.2 Å². The zero-order valence-electron chi connectivity index (χ0n) is 10.5. The number of rotatable bonds is 4. The van der Waals surface area contributed by atoms with Crippen molar-refractivity contribution in [2.24, 2.45) is 0 Å². The van der Waals surface area contributed by atoms with Gasteiger partial charge in [0.25, 0.3) is 0 Å². The highest BCUT2D eigenvalue weighted by Crippen LogP contribution is 2.26. The Kier molecular flexibility index (Phi) is 3.92. The van der Waals surface area contributed by atoms with Crippen molar-refractivity contribution in [3.63, 3.8) is 0 Å². The SMILES string of the molecule is CCOc1cc(NC2CCCNC2=O)ccc1N. The third kappa shape index (κ3) is 2.85. The smallest absolute Gasteiger partial charge is 0.242 e. The van der Waals surface area contributed by atoms with Crippen LogP contribution in [0.1, 0.15) is 19.8 Å². The zero-order valence-corrected chi connectivity index (χ0v) is 10.5. The Morgan fingerprint density at radius 1 is 1.56 bits per heavy atom. The first-order valence-electron chi connectivity index (χ1n) is 6.27. The lowest BCUT2D eigenvalue weighted by atomic mass is 10.1. The fourth-order valence-corrected chi connectivity index (χ4v) is 2.02. The Morgan fingerprint density at radius 3 is 3.11 bits per heavy atom. The maximum Gasteiger partial charge on any atom is 0.242 e. The van der Waals surface area contributed by atoms with Crippen LogP contribution in [0.15, 0.2) is 18.2 Å². The number of ether oxygens (including phenoxy) is 1. The van der Waals surface area contributed by atoms with Gasteiger partial charge in [0, 0.05) is 18.3 Å². The zero-order chi connectivity index (χ0) is 13.0. The van der Waals surface area contributed by atoms with Gasteiger partial charge >= 0.3 is 0 Å². The number of benzene rings is 1. The van der Waals surface area contributed by atoms with Crippen molar-refractivity contribution < 1.29 is 9.53 Å². The monoisotopic (exact) mass is 249 g/mol. The molecule has 1 heterocycles. The summed E-state index contributed by atoms with van der Waals surface area (Å²) in [5.41, 5.74) is 7.27. The second-order valence-electron chi connectivity index (χ2n) is 4.32. The normalized spacial score (nSPS) is 19.2. The van der Waals surface area contributed by atoms with E-state index in [0.717, 1.165) is 25.1 Å². The molecule has 18 heavy (non-hydrogen) atoms. The third-order valence-electron chi connectivity index (χ3n) is 2.94. The van der Waals surface area contributed by atoms with Gasteiger partial charge in [-0.05, 0) is 31.9 Å². The minimum atomic E-state index is -0.170. The largest absolute Gasteiger partial charge is 0.492 e. The van der Waals surface area contributed by atoms with Crippen LogP contribution in [0, 0.1) is 0 Å². The van der Waals surface area contributed by atoms with Crippen molar-refractivity contribution in [2.75, 3.05) is 24.2 Å². The second-order valence-corrected chi connectivity index (χ2v) is 4.32. The molecular formula is C13H19N3O2. The first-order chi connectivity index (χ1) is 8.70. The summed E-state index contributed by atoms with van der Waals surface area (Å²) in [4.78, 5) is 11.6. The van der Waals surface area contributed by atoms with Crippen molar-refractivity contribution >= 4 is 17.3 Å². The third-order valence-corrected chi connectivity index (χ3v) is 2.94. The Balaban J connectivity index is 2.08. The average molecular weight is 249 g/mol. The van der Waals surface area contributed by atoms with Crippen LogP contribution in [0.5, 0.6) is 5.75 Å². The molecule has 1 saturated heterocycles. The number of carbonyl (C=O) groups excluding carboxylic acids is 1. The number of piperidine rings is 1. The number of nitrogen functional groups attached to an aromatic ring is 1. The van der Waals surface area contributed by atoms with Gasteiger partial charge in [-0.2, -0.15) is 0 Å². The van der Waals surface area contributed by atoms with E-state index in [2.05, 4.69) is 10.6 Å². The Hall–Kier alpha value is -1.91. The topological polar surface area (TPSA) is 76.4 Å². The maximum absolute atomic E-state index is 11.6. The molecule has 0 radical (unpaired) electrons. The molecule has 0 bridgehead atoms. The van der Waals surface area contributed by atoms with E-state index in [0.29, 0.717) is 18.0 Å². The highest BCUT2D eigenvalue weighted by molar-refractivity contribution is 5.85. The summed E-state index contributed by atoms with van der Waals surface area (Å²) in [6.45, 7) is 3.24. The molecular weight excluding hydrogens is 230 g/mol. The van der Waals surface area contributed by atoms with Crippen LogP contribution in [-0.2, 0) is 4.79 Å². The highest BCUT2D eigenvalue weighted by atomic mass is 16.5. The minimum Gasteiger partial charge on any atom is -0.492 e. The molecule has 1 aromatic rings. The van der Waals surface area contributed by atoms with E-state index in [4.69, 9.17) is 10.5 Å². The summed E-state index contributed by atoms with van der Waals surface area (Å²) in [5.74, 6) is 0.703. The van der Waals surface area contributed by atoms with Gasteiger partial charge in [0.1, 0.15) is 11.8 Å². The summed E-state index contributed by atoms with van der Waals surface area (Å²) in [6.07, 6.45) is 1.84. The van der Waals surface area contributed by atoms with E-state index < -0.39 is 0 Å². The second kappa shape index (κ2) is 5.62. The van der Waals surface area contributed by atoms with Crippen LogP contribution in [0.2, 0.25) is 0 Å². The van der Waals surface area contributed by atoms with E-state index >= 15 is 0 Å². The molecule has 1 atom stereocenters. The van der Waals surface area contributed by atoms with Crippen molar-refractivity contribution in [1.82, 2.24) is 5.32 Å². The highest BCUT2D eigenvalue weighted by Gasteiger charge is 2.21. The van der Waals surface area contributed by atoms with Crippen LogP contribution < -0.4 is 21.1 Å². The summed E-state index contributed by atoms with van der Waals surface area (Å²) >= 11 is 0. The van der Waals surface area contributed by atoms with Crippen LogP contribution >= 0.6 is 0 Å². The molecule has 98 valence electrons. The Bertz CT molecular complexity index is 434. The standard InChI is InChI=1S/C13H19N3O2/c1-2-18-12-8-9(5-6-10(12)14)16-11-4-3-7-15-13(11)17/h5-6,8,11,16H,2-4,7,14H2,1H3,(H,15,17). The number of carbonyl (C=O) groups is 1. The summed E-state index contributed by atoms with van der Waals surface area (Å²) in [5, 5.41) is 6.06. The lowest BCUT2D eigenvalue weighted by Crippen LogP contribution is -2.44. The van der Waals surface area contributed by atoms with Crippen LogP contribution in [-0.4, -0.2) is 25.1 Å². The molecule has 1 aromatic carbocycles. The summed E-state index contributed by atoms with van der Waals surface area (Å²) in [6, 6.07) is 5.31. The molecule has 1 aliphatic rings. The predicted molar refractivity (Wildman–Crippen MR) is 71.7 cm³/mol. The first-order valence-corrected chi connectivity index (χ1v) is 6.27. The number of nitrogens with one attached hydrogen (secondary N) is 2.